The van der Waals surface area contributed by atoms with Crippen molar-refractivity contribution in [2.45, 2.75) is 25.7 Å². The minimum atomic E-state index is -0.122. The lowest BCUT2D eigenvalue weighted by molar-refractivity contribution is 0.127. The number of β-amino-alcohol motifs (C(OH)–C–C–N with tert-alkyl or cyclic N) is 1. The van der Waals surface area contributed by atoms with Gasteiger partial charge >= 0.3 is 6.03 Å². The number of fused-ring (bicyclic) bond motifs is 1. The number of nitrogens with zero attached hydrogens (tertiary/aromatic N) is 3. The van der Waals surface area contributed by atoms with E-state index in [0.717, 1.165) is 37.9 Å². The molecule has 1 aromatic heterocycles. The molecule has 1 aliphatic heterocycles. The third-order valence-corrected chi connectivity index (χ3v) is 5.79. The minimum Gasteiger partial charge on any atom is -0.395 e. The van der Waals surface area contributed by atoms with E-state index in [9.17, 15) is 10.1 Å². The molecule has 23 heavy (non-hydrogen) atoms. The van der Waals surface area contributed by atoms with E-state index in [1.165, 1.54) is 11.3 Å². The second-order valence-corrected chi connectivity index (χ2v) is 7.11. The summed E-state index contributed by atoms with van der Waals surface area (Å²) in [6.07, 6.45) is 4.26. The Kier molecular flexibility index (Phi) is 5.16. The summed E-state index contributed by atoms with van der Waals surface area (Å²) in [5.41, 5.74) is 1.81. The summed E-state index contributed by atoms with van der Waals surface area (Å²) in [5.74, 6) is 0. The quantitative estimate of drug-likeness (QED) is 0.881. The Morgan fingerprint density at radius 1 is 1.26 bits per heavy atom. The van der Waals surface area contributed by atoms with E-state index < -0.39 is 0 Å². The van der Waals surface area contributed by atoms with Crippen molar-refractivity contribution in [3.05, 3.63) is 16.0 Å². The number of amides is 2. The maximum atomic E-state index is 12.5. The molecule has 0 aromatic carbocycles. The molecule has 0 bridgehead atoms. The zero-order valence-corrected chi connectivity index (χ0v) is 14.0. The smallest absolute Gasteiger partial charge is 0.322 e. The van der Waals surface area contributed by atoms with Crippen molar-refractivity contribution < 1.29 is 9.90 Å². The molecule has 1 aliphatic carbocycles. The van der Waals surface area contributed by atoms with E-state index >= 15 is 0 Å². The summed E-state index contributed by atoms with van der Waals surface area (Å²) in [6.45, 7) is 3.67. The normalized spacial score (nSPS) is 18.3. The Balaban J connectivity index is 1.65. The molecule has 1 fully saturated rings. The van der Waals surface area contributed by atoms with Crippen LogP contribution in [0.3, 0.4) is 0 Å². The third-order valence-electron chi connectivity index (χ3n) is 4.58. The Bertz CT molecular complexity index is 614. The number of carbonyl (C=O) groups excluding carboxylic acids is 1. The number of aryl methyl sites for hydroxylation is 1. The maximum absolute atomic E-state index is 12.5. The van der Waals surface area contributed by atoms with Crippen molar-refractivity contribution in [1.82, 2.24) is 9.80 Å². The number of anilines is 1. The molecule has 2 aliphatic rings. The number of thiophene rings is 1. The zero-order chi connectivity index (χ0) is 16.2. The van der Waals surface area contributed by atoms with Crippen LogP contribution in [0.5, 0.6) is 0 Å². The Morgan fingerprint density at radius 2 is 2.00 bits per heavy atom. The van der Waals surface area contributed by atoms with Gasteiger partial charge in [-0.3, -0.25) is 10.2 Å². The van der Waals surface area contributed by atoms with E-state index in [1.807, 2.05) is 0 Å². The highest BCUT2D eigenvalue weighted by atomic mass is 32.1. The molecule has 124 valence electrons. The van der Waals surface area contributed by atoms with Gasteiger partial charge in [-0.05, 0) is 31.2 Å². The van der Waals surface area contributed by atoms with Crippen LogP contribution in [0.15, 0.2) is 0 Å². The Morgan fingerprint density at radius 3 is 2.70 bits per heavy atom. The lowest BCUT2D eigenvalue weighted by atomic mass is 9.96. The Hall–Kier alpha value is -1.62. The van der Waals surface area contributed by atoms with Crippen LogP contribution < -0.4 is 5.32 Å². The highest BCUT2D eigenvalue weighted by Crippen LogP contribution is 2.37. The van der Waals surface area contributed by atoms with Crippen LogP contribution in [-0.4, -0.2) is 60.3 Å². The zero-order valence-electron chi connectivity index (χ0n) is 13.2. The van der Waals surface area contributed by atoms with Crippen LogP contribution in [0.4, 0.5) is 9.80 Å². The number of nitriles is 1. The number of nitrogens with one attached hydrogen (secondary N) is 1. The van der Waals surface area contributed by atoms with Gasteiger partial charge in [-0.2, -0.15) is 5.26 Å². The molecule has 2 amide bonds. The van der Waals surface area contributed by atoms with E-state index in [4.69, 9.17) is 5.11 Å². The summed E-state index contributed by atoms with van der Waals surface area (Å²) in [4.78, 5) is 17.6. The molecule has 0 spiro atoms. The predicted octanol–water partition coefficient (Wildman–Crippen LogP) is 1.64. The molecule has 2 N–H and O–H groups in total. The first kappa shape index (κ1) is 16.2. The van der Waals surface area contributed by atoms with Crippen LogP contribution in [0.25, 0.3) is 0 Å². The molecule has 1 aromatic rings. The molecule has 7 heteroatoms. The number of piperazine rings is 1. The lowest BCUT2D eigenvalue weighted by Gasteiger charge is -2.34. The van der Waals surface area contributed by atoms with Gasteiger partial charge in [0, 0.05) is 37.6 Å². The maximum Gasteiger partial charge on any atom is 0.322 e. The van der Waals surface area contributed by atoms with E-state index in [1.54, 1.807) is 16.2 Å². The molecule has 0 saturated carbocycles. The van der Waals surface area contributed by atoms with Gasteiger partial charge in [0.25, 0.3) is 0 Å². The fraction of sp³-hybridized carbons (Fsp3) is 0.625. The topological polar surface area (TPSA) is 79.6 Å². The highest BCUT2D eigenvalue weighted by Gasteiger charge is 2.25. The van der Waals surface area contributed by atoms with Gasteiger partial charge in [0.1, 0.15) is 11.1 Å². The van der Waals surface area contributed by atoms with E-state index in [2.05, 4.69) is 16.3 Å². The fourth-order valence-electron chi connectivity index (χ4n) is 3.26. The molecule has 1 saturated heterocycles. The summed E-state index contributed by atoms with van der Waals surface area (Å²) in [6, 6.07) is 2.16. The summed E-state index contributed by atoms with van der Waals surface area (Å²) >= 11 is 1.56. The van der Waals surface area contributed by atoms with Gasteiger partial charge in [0.05, 0.1) is 12.2 Å². The van der Waals surface area contributed by atoms with Crippen LogP contribution >= 0.6 is 11.3 Å². The summed E-state index contributed by atoms with van der Waals surface area (Å²) < 4.78 is 0. The number of carbonyl (C=O) groups is 1. The van der Waals surface area contributed by atoms with Crippen LogP contribution in [-0.2, 0) is 12.8 Å². The molecule has 6 nitrogen and oxygen atoms in total. The van der Waals surface area contributed by atoms with E-state index in [0.29, 0.717) is 30.2 Å². The van der Waals surface area contributed by atoms with Crippen molar-refractivity contribution in [2.75, 3.05) is 44.6 Å². The SMILES string of the molecule is N#Cc1c(NC(=O)N2CCN(CCO)CC2)sc2c1CCCC2. The molecular weight excluding hydrogens is 312 g/mol. The number of hydrogen-bond acceptors (Lipinski definition) is 5. The van der Waals surface area contributed by atoms with Crippen LogP contribution in [0.2, 0.25) is 0 Å². The molecular formula is C16H22N4O2S. The monoisotopic (exact) mass is 334 g/mol. The number of aliphatic hydroxyl groups excluding tert-OH is 1. The lowest BCUT2D eigenvalue weighted by Crippen LogP contribution is -2.50. The number of hydrogen-bond donors (Lipinski definition) is 2. The summed E-state index contributed by atoms with van der Waals surface area (Å²) in [7, 11) is 0. The predicted molar refractivity (Wildman–Crippen MR) is 89.8 cm³/mol. The van der Waals surface area contributed by atoms with Gasteiger partial charge < -0.3 is 10.0 Å². The largest absolute Gasteiger partial charge is 0.395 e. The van der Waals surface area contributed by atoms with Gasteiger partial charge in [0.2, 0.25) is 0 Å². The second kappa shape index (κ2) is 7.30. The molecule has 0 atom stereocenters. The minimum absolute atomic E-state index is 0.122. The summed E-state index contributed by atoms with van der Waals surface area (Å²) in [5, 5.41) is 22.1. The van der Waals surface area contributed by atoms with Crippen LogP contribution in [0.1, 0.15) is 28.8 Å². The van der Waals surface area contributed by atoms with Gasteiger partial charge in [-0.15, -0.1) is 11.3 Å². The first-order valence-corrected chi connectivity index (χ1v) is 8.98. The number of rotatable bonds is 3. The number of aliphatic hydroxyl groups is 1. The number of urea groups is 1. The second-order valence-electron chi connectivity index (χ2n) is 6.01. The molecule has 2 heterocycles. The van der Waals surface area contributed by atoms with Crippen LogP contribution in [0, 0.1) is 11.3 Å². The van der Waals surface area contributed by atoms with Crippen molar-refractivity contribution in [2.24, 2.45) is 0 Å². The Labute approximate surface area is 140 Å². The fourth-order valence-corrected chi connectivity index (χ4v) is 4.49. The average Bonchev–Trinajstić information content (AvgIpc) is 2.92. The van der Waals surface area contributed by atoms with Crippen molar-refractivity contribution in [3.63, 3.8) is 0 Å². The van der Waals surface area contributed by atoms with Crippen molar-refractivity contribution >= 4 is 22.4 Å². The molecule has 0 radical (unpaired) electrons. The highest BCUT2D eigenvalue weighted by molar-refractivity contribution is 7.16. The van der Waals surface area contributed by atoms with Gasteiger partial charge in [-0.25, -0.2) is 4.79 Å². The third kappa shape index (κ3) is 3.50. The van der Waals surface area contributed by atoms with Crippen molar-refractivity contribution in [1.29, 1.82) is 5.26 Å². The standard InChI is InChI=1S/C16H22N4O2S/c17-11-13-12-3-1-2-4-14(12)23-15(13)18-16(22)20-7-5-19(6-8-20)9-10-21/h21H,1-10H2,(H,18,22). The first-order valence-electron chi connectivity index (χ1n) is 8.16. The molecule has 3 rings (SSSR count). The van der Waals surface area contributed by atoms with Crippen molar-refractivity contribution in [3.8, 4) is 6.07 Å². The molecule has 0 unspecified atom stereocenters. The van der Waals surface area contributed by atoms with Gasteiger partial charge in [0.15, 0.2) is 0 Å². The van der Waals surface area contributed by atoms with E-state index in [-0.39, 0.29) is 12.6 Å². The average molecular weight is 334 g/mol. The van der Waals surface area contributed by atoms with Gasteiger partial charge in [-0.1, -0.05) is 0 Å². The first-order chi connectivity index (χ1) is 11.2.